The fraction of sp³-hybridized carbons (Fsp3) is 0.688. The van der Waals surface area contributed by atoms with Crippen molar-refractivity contribution in [3.8, 4) is 0 Å². The van der Waals surface area contributed by atoms with Crippen LogP contribution >= 0.6 is 12.4 Å². The van der Waals surface area contributed by atoms with Crippen LogP contribution < -0.4 is 11.1 Å². The smallest absolute Gasteiger partial charge is 0.274 e. The first kappa shape index (κ1) is 18.7. The van der Waals surface area contributed by atoms with Gasteiger partial charge in [0.25, 0.3) is 5.91 Å². The molecule has 2 heterocycles. The lowest BCUT2D eigenvalue weighted by Crippen LogP contribution is -2.49. The summed E-state index contributed by atoms with van der Waals surface area (Å²) in [5.41, 5.74) is 6.94. The Morgan fingerprint density at radius 3 is 2.83 bits per heavy atom. The van der Waals surface area contributed by atoms with Crippen molar-refractivity contribution in [2.45, 2.75) is 50.5 Å². The Kier molecular flexibility index (Phi) is 6.62. The standard InChI is InChI=1S/C16H25N5O2.ClH/c17-7-6-15(22)18-10-12-3-1-2-8-21(12)16(23)14-9-13(19-20-14)11-4-5-11;/h9,11-12H,1-8,10,17H2,(H,18,22)(H,19,20);1H. The number of hydrogen-bond acceptors (Lipinski definition) is 4. The summed E-state index contributed by atoms with van der Waals surface area (Å²) in [5, 5.41) is 10.1. The molecule has 1 aromatic heterocycles. The van der Waals surface area contributed by atoms with Gasteiger partial charge in [-0.2, -0.15) is 5.10 Å². The molecule has 1 aromatic rings. The predicted octanol–water partition coefficient (Wildman–Crippen LogP) is 1.17. The average molecular weight is 356 g/mol. The van der Waals surface area contributed by atoms with Crippen molar-refractivity contribution < 1.29 is 9.59 Å². The van der Waals surface area contributed by atoms with Crippen LogP contribution in [0, 0.1) is 0 Å². The third kappa shape index (κ3) is 4.48. The number of rotatable bonds is 6. The van der Waals surface area contributed by atoms with Gasteiger partial charge in [-0.1, -0.05) is 0 Å². The Labute approximate surface area is 148 Å². The van der Waals surface area contributed by atoms with Crippen LogP contribution in [-0.4, -0.2) is 52.6 Å². The van der Waals surface area contributed by atoms with E-state index < -0.39 is 0 Å². The average Bonchev–Trinajstić information content (AvgIpc) is 3.30. The molecule has 2 aliphatic rings. The third-order valence-corrected chi connectivity index (χ3v) is 4.63. The molecule has 4 N–H and O–H groups in total. The molecule has 1 aliphatic carbocycles. The molecule has 0 aromatic carbocycles. The van der Waals surface area contributed by atoms with Crippen LogP contribution in [0.5, 0.6) is 0 Å². The van der Waals surface area contributed by atoms with Crippen LogP contribution in [0.2, 0.25) is 0 Å². The molecule has 0 bridgehead atoms. The number of H-pyrrole nitrogens is 1. The second-order valence-corrected chi connectivity index (χ2v) is 6.47. The minimum absolute atomic E-state index is 0. The van der Waals surface area contributed by atoms with Gasteiger partial charge in [0.1, 0.15) is 5.69 Å². The summed E-state index contributed by atoms with van der Waals surface area (Å²) in [7, 11) is 0. The maximum Gasteiger partial charge on any atom is 0.274 e. The molecule has 8 heteroatoms. The summed E-state index contributed by atoms with van der Waals surface area (Å²) in [6, 6.07) is 1.93. The molecule has 3 rings (SSSR count). The lowest BCUT2D eigenvalue weighted by molar-refractivity contribution is -0.121. The fourth-order valence-corrected chi connectivity index (χ4v) is 3.13. The fourth-order valence-electron chi connectivity index (χ4n) is 3.13. The van der Waals surface area contributed by atoms with E-state index in [9.17, 15) is 9.59 Å². The van der Waals surface area contributed by atoms with E-state index in [0.29, 0.717) is 31.1 Å². The summed E-state index contributed by atoms with van der Waals surface area (Å²) < 4.78 is 0. The van der Waals surface area contributed by atoms with Gasteiger partial charge >= 0.3 is 0 Å². The highest BCUT2D eigenvalue weighted by molar-refractivity contribution is 5.92. The minimum Gasteiger partial charge on any atom is -0.354 e. The largest absolute Gasteiger partial charge is 0.354 e. The van der Waals surface area contributed by atoms with Gasteiger partial charge < -0.3 is 16.0 Å². The number of halogens is 1. The second kappa shape index (κ2) is 8.48. The Morgan fingerprint density at radius 2 is 2.12 bits per heavy atom. The van der Waals surface area contributed by atoms with E-state index in [1.165, 1.54) is 12.8 Å². The van der Waals surface area contributed by atoms with E-state index in [1.54, 1.807) is 0 Å². The SMILES string of the molecule is Cl.NCCC(=O)NCC1CCCCN1C(=O)c1cc(C2CC2)[nH]n1. The van der Waals surface area contributed by atoms with Gasteiger partial charge in [0, 0.05) is 43.7 Å². The van der Waals surface area contributed by atoms with Gasteiger partial charge in [-0.15, -0.1) is 12.4 Å². The minimum atomic E-state index is -0.0544. The monoisotopic (exact) mass is 355 g/mol. The van der Waals surface area contributed by atoms with Gasteiger partial charge in [-0.3, -0.25) is 14.7 Å². The number of amides is 2. The molecule has 1 saturated heterocycles. The Balaban J connectivity index is 0.00000208. The molecule has 134 valence electrons. The molecule has 2 fully saturated rings. The quantitative estimate of drug-likeness (QED) is 0.712. The Bertz CT molecular complexity index is 573. The van der Waals surface area contributed by atoms with E-state index in [1.807, 2.05) is 11.0 Å². The maximum atomic E-state index is 12.7. The van der Waals surface area contributed by atoms with Crippen molar-refractivity contribution in [3.05, 3.63) is 17.5 Å². The third-order valence-electron chi connectivity index (χ3n) is 4.63. The zero-order valence-corrected chi connectivity index (χ0v) is 14.6. The van der Waals surface area contributed by atoms with Gasteiger partial charge in [-0.05, 0) is 38.2 Å². The number of nitrogens with two attached hydrogens (primary N) is 1. The number of nitrogens with zero attached hydrogens (tertiary/aromatic N) is 2. The molecule has 1 saturated carbocycles. The zero-order valence-electron chi connectivity index (χ0n) is 13.8. The highest BCUT2D eigenvalue weighted by Gasteiger charge is 2.31. The number of hydrogen-bond donors (Lipinski definition) is 3. The normalized spacial score (nSPS) is 20.4. The van der Waals surface area contributed by atoms with Crippen LogP contribution in [0.15, 0.2) is 6.07 Å². The summed E-state index contributed by atoms with van der Waals surface area (Å²) in [6.07, 6.45) is 5.66. The van der Waals surface area contributed by atoms with Crippen molar-refractivity contribution in [2.75, 3.05) is 19.6 Å². The van der Waals surface area contributed by atoms with Crippen molar-refractivity contribution in [3.63, 3.8) is 0 Å². The Morgan fingerprint density at radius 1 is 1.33 bits per heavy atom. The number of nitrogens with one attached hydrogen (secondary N) is 2. The van der Waals surface area contributed by atoms with Crippen LogP contribution in [0.25, 0.3) is 0 Å². The van der Waals surface area contributed by atoms with Crippen LogP contribution in [0.1, 0.15) is 60.6 Å². The number of aromatic amines is 1. The molecular weight excluding hydrogens is 330 g/mol. The molecule has 2 amide bonds. The van der Waals surface area contributed by atoms with Crippen molar-refractivity contribution in [2.24, 2.45) is 5.73 Å². The van der Waals surface area contributed by atoms with E-state index in [2.05, 4.69) is 15.5 Å². The first-order valence-electron chi connectivity index (χ1n) is 8.52. The van der Waals surface area contributed by atoms with Gasteiger partial charge in [0.15, 0.2) is 0 Å². The number of likely N-dealkylation sites (tertiary alicyclic amines) is 1. The van der Waals surface area contributed by atoms with Crippen molar-refractivity contribution in [1.29, 1.82) is 0 Å². The topological polar surface area (TPSA) is 104 Å². The van der Waals surface area contributed by atoms with E-state index in [-0.39, 0.29) is 30.3 Å². The zero-order chi connectivity index (χ0) is 16.2. The number of carbonyl (C=O) groups is 2. The van der Waals surface area contributed by atoms with E-state index in [4.69, 9.17) is 5.73 Å². The van der Waals surface area contributed by atoms with Gasteiger partial charge in [0.2, 0.25) is 5.91 Å². The van der Waals surface area contributed by atoms with Gasteiger partial charge in [-0.25, -0.2) is 0 Å². The van der Waals surface area contributed by atoms with Crippen LogP contribution in [-0.2, 0) is 4.79 Å². The molecule has 24 heavy (non-hydrogen) atoms. The van der Waals surface area contributed by atoms with Gasteiger partial charge in [0.05, 0.1) is 0 Å². The van der Waals surface area contributed by atoms with E-state index >= 15 is 0 Å². The second-order valence-electron chi connectivity index (χ2n) is 6.47. The summed E-state index contributed by atoms with van der Waals surface area (Å²) >= 11 is 0. The van der Waals surface area contributed by atoms with Crippen LogP contribution in [0.4, 0.5) is 0 Å². The number of carbonyl (C=O) groups excluding carboxylic acids is 2. The predicted molar refractivity (Wildman–Crippen MR) is 93.2 cm³/mol. The molecule has 1 atom stereocenters. The molecule has 1 unspecified atom stereocenters. The highest BCUT2D eigenvalue weighted by Crippen LogP contribution is 2.39. The van der Waals surface area contributed by atoms with Crippen molar-refractivity contribution >= 4 is 24.2 Å². The number of aromatic nitrogens is 2. The summed E-state index contributed by atoms with van der Waals surface area (Å²) in [6.45, 7) is 1.56. The summed E-state index contributed by atoms with van der Waals surface area (Å²) in [5.74, 6) is 0.462. The molecule has 1 aliphatic heterocycles. The van der Waals surface area contributed by atoms with Crippen molar-refractivity contribution in [1.82, 2.24) is 20.4 Å². The maximum absolute atomic E-state index is 12.7. The lowest BCUT2D eigenvalue weighted by Gasteiger charge is -2.35. The van der Waals surface area contributed by atoms with E-state index in [0.717, 1.165) is 31.5 Å². The first-order valence-corrected chi connectivity index (χ1v) is 8.52. The lowest BCUT2D eigenvalue weighted by atomic mass is 10.0. The highest BCUT2D eigenvalue weighted by atomic mass is 35.5. The molecule has 0 spiro atoms. The summed E-state index contributed by atoms with van der Waals surface area (Å²) in [4.78, 5) is 26.2. The molecular formula is C16H26ClN5O2. The molecule has 0 radical (unpaired) electrons. The molecule has 7 nitrogen and oxygen atoms in total. The van der Waals surface area contributed by atoms with Crippen LogP contribution in [0.3, 0.4) is 0 Å². The number of piperidine rings is 1. The Hall–Kier alpha value is -1.60. The first-order chi connectivity index (χ1) is 11.2.